The number of hydrogen-bond acceptors (Lipinski definition) is 3. The van der Waals surface area contributed by atoms with Crippen LogP contribution in [0, 0.1) is 6.92 Å². The van der Waals surface area contributed by atoms with Crippen LogP contribution in [-0.2, 0) is 0 Å². The van der Waals surface area contributed by atoms with E-state index in [2.05, 4.69) is 20.9 Å². The number of benzene rings is 1. The van der Waals surface area contributed by atoms with E-state index in [9.17, 15) is 0 Å². The summed E-state index contributed by atoms with van der Waals surface area (Å²) in [6.45, 7) is 1.98. The number of nitrogens with two attached hydrogens (primary N) is 1. The second-order valence-corrected chi connectivity index (χ2v) is 5.44. The fourth-order valence-corrected chi connectivity index (χ4v) is 2.32. The van der Waals surface area contributed by atoms with Crippen LogP contribution in [0.25, 0.3) is 0 Å². The standard InChI is InChI=1S/C12H11BrN2S/c1-8-6-11(14)12(15-7-8)16-10-4-2-9(13)3-5-10/h2-7H,14H2,1H3. The molecule has 0 unspecified atom stereocenters. The Labute approximate surface area is 107 Å². The van der Waals surface area contributed by atoms with Gasteiger partial charge in [-0.1, -0.05) is 27.7 Å². The van der Waals surface area contributed by atoms with Gasteiger partial charge >= 0.3 is 0 Å². The van der Waals surface area contributed by atoms with Crippen molar-refractivity contribution in [1.82, 2.24) is 4.98 Å². The summed E-state index contributed by atoms with van der Waals surface area (Å²) < 4.78 is 1.07. The van der Waals surface area contributed by atoms with Gasteiger partial charge in [-0.05, 0) is 42.8 Å². The van der Waals surface area contributed by atoms with E-state index in [1.165, 1.54) is 0 Å². The summed E-state index contributed by atoms with van der Waals surface area (Å²) in [7, 11) is 0. The molecule has 4 heteroatoms. The monoisotopic (exact) mass is 294 g/mol. The second-order valence-electron chi connectivity index (χ2n) is 3.46. The van der Waals surface area contributed by atoms with Crippen molar-refractivity contribution >= 4 is 33.4 Å². The Bertz CT molecular complexity index is 497. The number of anilines is 1. The van der Waals surface area contributed by atoms with E-state index in [1.54, 1.807) is 11.8 Å². The van der Waals surface area contributed by atoms with Crippen molar-refractivity contribution in [3.63, 3.8) is 0 Å². The van der Waals surface area contributed by atoms with Crippen molar-refractivity contribution in [3.05, 3.63) is 46.6 Å². The summed E-state index contributed by atoms with van der Waals surface area (Å²) >= 11 is 4.98. The molecular formula is C12H11BrN2S. The van der Waals surface area contributed by atoms with Gasteiger partial charge in [-0.3, -0.25) is 0 Å². The zero-order valence-corrected chi connectivity index (χ0v) is 11.2. The Morgan fingerprint density at radius 2 is 1.94 bits per heavy atom. The first-order chi connectivity index (χ1) is 7.65. The Hall–Kier alpha value is -1.00. The quantitative estimate of drug-likeness (QED) is 0.913. The van der Waals surface area contributed by atoms with Crippen molar-refractivity contribution in [3.8, 4) is 0 Å². The first kappa shape index (κ1) is 11.5. The molecule has 2 nitrogen and oxygen atoms in total. The summed E-state index contributed by atoms with van der Waals surface area (Å²) in [4.78, 5) is 5.45. The predicted molar refractivity (Wildman–Crippen MR) is 71.7 cm³/mol. The van der Waals surface area contributed by atoms with Crippen LogP contribution in [0.4, 0.5) is 5.69 Å². The van der Waals surface area contributed by atoms with Gasteiger partial charge in [0, 0.05) is 15.6 Å². The van der Waals surface area contributed by atoms with Crippen LogP contribution < -0.4 is 5.73 Å². The molecule has 0 atom stereocenters. The number of halogens is 1. The van der Waals surface area contributed by atoms with E-state index in [-0.39, 0.29) is 0 Å². The highest BCUT2D eigenvalue weighted by molar-refractivity contribution is 9.10. The highest BCUT2D eigenvalue weighted by atomic mass is 79.9. The van der Waals surface area contributed by atoms with Gasteiger partial charge in [0.05, 0.1) is 5.69 Å². The Balaban J connectivity index is 2.23. The van der Waals surface area contributed by atoms with Crippen molar-refractivity contribution in [2.24, 2.45) is 0 Å². The summed E-state index contributed by atoms with van der Waals surface area (Å²) in [5, 5.41) is 0.855. The van der Waals surface area contributed by atoms with Gasteiger partial charge in [0.25, 0.3) is 0 Å². The molecule has 1 heterocycles. The number of pyridine rings is 1. The van der Waals surface area contributed by atoms with Crippen LogP contribution in [0.15, 0.2) is 50.9 Å². The van der Waals surface area contributed by atoms with Gasteiger partial charge < -0.3 is 5.73 Å². The third-order valence-corrected chi connectivity index (χ3v) is 3.61. The summed E-state index contributed by atoms with van der Waals surface area (Å²) in [6, 6.07) is 10.0. The van der Waals surface area contributed by atoms with Gasteiger partial charge in [-0.15, -0.1) is 0 Å². The molecule has 0 bridgehead atoms. The fourth-order valence-electron chi connectivity index (χ4n) is 1.28. The van der Waals surface area contributed by atoms with E-state index in [0.717, 1.165) is 25.6 Å². The van der Waals surface area contributed by atoms with Crippen LogP contribution in [0.2, 0.25) is 0 Å². The van der Waals surface area contributed by atoms with Crippen LogP contribution >= 0.6 is 27.7 Å². The molecule has 1 aromatic heterocycles. The summed E-state index contributed by atoms with van der Waals surface area (Å²) in [5.41, 5.74) is 7.72. The van der Waals surface area contributed by atoms with E-state index in [0.29, 0.717) is 0 Å². The Morgan fingerprint density at radius 3 is 2.56 bits per heavy atom. The largest absolute Gasteiger partial charge is 0.397 e. The molecule has 0 saturated heterocycles. The molecule has 0 aliphatic carbocycles. The zero-order chi connectivity index (χ0) is 11.5. The van der Waals surface area contributed by atoms with Crippen molar-refractivity contribution in [2.45, 2.75) is 16.8 Å². The van der Waals surface area contributed by atoms with Gasteiger partial charge in [-0.2, -0.15) is 0 Å². The molecule has 0 saturated carbocycles. The second kappa shape index (κ2) is 4.89. The van der Waals surface area contributed by atoms with Gasteiger partial charge in [-0.25, -0.2) is 4.98 Å². The number of aryl methyl sites for hydroxylation is 1. The summed E-state index contributed by atoms with van der Waals surface area (Å²) in [6.07, 6.45) is 1.83. The van der Waals surface area contributed by atoms with E-state index >= 15 is 0 Å². The van der Waals surface area contributed by atoms with Crippen molar-refractivity contribution in [1.29, 1.82) is 0 Å². The minimum absolute atomic E-state index is 0.730. The van der Waals surface area contributed by atoms with Crippen LogP contribution in [0.1, 0.15) is 5.56 Å². The van der Waals surface area contributed by atoms with Crippen LogP contribution in [0.3, 0.4) is 0 Å². The molecule has 0 amide bonds. The zero-order valence-electron chi connectivity index (χ0n) is 8.77. The minimum Gasteiger partial charge on any atom is -0.397 e. The topological polar surface area (TPSA) is 38.9 Å². The molecule has 2 N–H and O–H groups in total. The Morgan fingerprint density at radius 1 is 1.25 bits per heavy atom. The highest BCUT2D eigenvalue weighted by Crippen LogP contribution is 2.31. The lowest BCUT2D eigenvalue weighted by atomic mass is 10.3. The number of nitrogen functional groups attached to an aromatic ring is 1. The molecule has 0 aliphatic heterocycles. The minimum atomic E-state index is 0.730. The normalized spacial score (nSPS) is 10.4. The molecule has 0 fully saturated rings. The molecule has 0 spiro atoms. The van der Waals surface area contributed by atoms with Gasteiger partial charge in [0.15, 0.2) is 0 Å². The molecule has 0 aliphatic rings. The van der Waals surface area contributed by atoms with E-state index in [4.69, 9.17) is 5.73 Å². The third-order valence-electron chi connectivity index (χ3n) is 2.04. The van der Waals surface area contributed by atoms with Crippen LogP contribution in [0.5, 0.6) is 0 Å². The van der Waals surface area contributed by atoms with Crippen molar-refractivity contribution in [2.75, 3.05) is 5.73 Å². The van der Waals surface area contributed by atoms with Gasteiger partial charge in [0.2, 0.25) is 0 Å². The molecule has 0 radical (unpaired) electrons. The maximum absolute atomic E-state index is 5.91. The molecule has 2 rings (SSSR count). The molecule has 82 valence electrons. The van der Waals surface area contributed by atoms with E-state index < -0.39 is 0 Å². The predicted octanol–water partition coefficient (Wildman–Crippen LogP) is 3.89. The first-order valence-corrected chi connectivity index (χ1v) is 6.41. The van der Waals surface area contributed by atoms with Gasteiger partial charge in [0.1, 0.15) is 5.03 Å². The number of rotatable bonds is 2. The SMILES string of the molecule is Cc1cnc(Sc2ccc(Br)cc2)c(N)c1. The smallest absolute Gasteiger partial charge is 0.124 e. The summed E-state index contributed by atoms with van der Waals surface area (Å²) in [5.74, 6) is 0. The number of nitrogens with zero attached hydrogens (tertiary/aromatic N) is 1. The van der Waals surface area contributed by atoms with Crippen LogP contribution in [-0.4, -0.2) is 4.98 Å². The maximum Gasteiger partial charge on any atom is 0.124 e. The molecular weight excluding hydrogens is 284 g/mol. The fraction of sp³-hybridized carbons (Fsp3) is 0.0833. The lowest BCUT2D eigenvalue weighted by Gasteiger charge is -2.05. The highest BCUT2D eigenvalue weighted by Gasteiger charge is 2.03. The van der Waals surface area contributed by atoms with Crippen molar-refractivity contribution < 1.29 is 0 Å². The number of hydrogen-bond donors (Lipinski definition) is 1. The first-order valence-electron chi connectivity index (χ1n) is 4.81. The third kappa shape index (κ3) is 2.77. The lowest BCUT2D eigenvalue weighted by molar-refractivity contribution is 1.12. The maximum atomic E-state index is 5.91. The average Bonchev–Trinajstić information content (AvgIpc) is 2.25. The molecule has 2 aromatic rings. The lowest BCUT2D eigenvalue weighted by Crippen LogP contribution is -1.92. The average molecular weight is 295 g/mol. The molecule has 16 heavy (non-hydrogen) atoms. The Kier molecular flexibility index (Phi) is 3.51. The van der Waals surface area contributed by atoms with E-state index in [1.807, 2.05) is 43.5 Å². The molecule has 1 aromatic carbocycles. The number of aromatic nitrogens is 1.